The van der Waals surface area contributed by atoms with Crippen molar-refractivity contribution in [3.63, 3.8) is 0 Å². The highest BCUT2D eigenvalue weighted by atomic mass is 35.5. The van der Waals surface area contributed by atoms with Gasteiger partial charge in [-0.15, -0.1) is 0 Å². The van der Waals surface area contributed by atoms with Crippen LogP contribution in [0.1, 0.15) is 5.69 Å². The van der Waals surface area contributed by atoms with Crippen LogP contribution in [0.3, 0.4) is 0 Å². The van der Waals surface area contributed by atoms with E-state index in [-0.39, 0.29) is 32.5 Å². The molecule has 0 unspecified atom stereocenters. The number of fused-ring (bicyclic) bond motifs is 1. The van der Waals surface area contributed by atoms with Crippen LogP contribution in [0.15, 0.2) is 30.6 Å². The van der Waals surface area contributed by atoms with Gasteiger partial charge in [0.25, 0.3) is 0 Å². The third kappa shape index (κ3) is 2.60. The Morgan fingerprint density at radius 2 is 1.78 bits per heavy atom. The number of rotatable bonds is 1. The minimum Gasteiger partial charge on any atom is -0.398 e. The largest absolute Gasteiger partial charge is 0.431 e. The Morgan fingerprint density at radius 1 is 1.09 bits per heavy atom. The summed E-state index contributed by atoms with van der Waals surface area (Å²) >= 11 is 11.7. The van der Waals surface area contributed by atoms with Crippen molar-refractivity contribution in [1.82, 2.24) is 9.38 Å². The van der Waals surface area contributed by atoms with Gasteiger partial charge in [-0.05, 0) is 18.2 Å². The number of halogens is 6. The van der Waals surface area contributed by atoms with E-state index in [1.165, 1.54) is 12.3 Å². The van der Waals surface area contributed by atoms with Crippen LogP contribution in [0, 0.1) is 5.82 Å². The predicted octanol–water partition coefficient (Wildman–Crippen LogP) is 5.05. The van der Waals surface area contributed by atoms with E-state index in [1.807, 2.05) is 0 Å². The van der Waals surface area contributed by atoms with E-state index >= 15 is 0 Å². The van der Waals surface area contributed by atoms with E-state index in [4.69, 9.17) is 28.9 Å². The van der Waals surface area contributed by atoms with Gasteiger partial charge in [0.15, 0.2) is 0 Å². The molecule has 23 heavy (non-hydrogen) atoms. The highest BCUT2D eigenvalue weighted by Gasteiger charge is 2.35. The van der Waals surface area contributed by atoms with Crippen LogP contribution < -0.4 is 5.73 Å². The van der Waals surface area contributed by atoms with Crippen molar-refractivity contribution in [1.29, 1.82) is 0 Å². The van der Waals surface area contributed by atoms with Crippen molar-refractivity contribution in [2.75, 3.05) is 5.73 Å². The maximum Gasteiger partial charge on any atom is 0.431 e. The fourth-order valence-corrected chi connectivity index (χ4v) is 2.72. The molecule has 9 heteroatoms. The Kier molecular flexibility index (Phi) is 3.65. The lowest BCUT2D eigenvalue weighted by molar-refractivity contribution is -0.142. The van der Waals surface area contributed by atoms with Gasteiger partial charge >= 0.3 is 6.18 Å². The molecule has 120 valence electrons. The van der Waals surface area contributed by atoms with Crippen molar-refractivity contribution in [3.8, 4) is 11.1 Å². The molecule has 0 amide bonds. The molecule has 0 bridgehead atoms. The van der Waals surface area contributed by atoms with Crippen molar-refractivity contribution < 1.29 is 17.6 Å². The number of nitrogens with zero attached hydrogens (tertiary/aromatic N) is 2. The molecule has 0 aliphatic carbocycles. The molecule has 1 aromatic carbocycles. The molecule has 2 N–H and O–H groups in total. The molecule has 0 aliphatic heterocycles. The van der Waals surface area contributed by atoms with Crippen LogP contribution in [0.4, 0.5) is 23.2 Å². The Morgan fingerprint density at radius 3 is 2.43 bits per heavy atom. The Balaban J connectivity index is 2.39. The van der Waals surface area contributed by atoms with E-state index in [1.54, 1.807) is 0 Å². The molecule has 3 rings (SSSR count). The highest BCUT2D eigenvalue weighted by Crippen LogP contribution is 2.40. The molecule has 0 saturated carbocycles. The number of hydrogen-bond donors (Lipinski definition) is 1. The van der Waals surface area contributed by atoms with Crippen LogP contribution in [0.2, 0.25) is 10.0 Å². The van der Waals surface area contributed by atoms with E-state index in [0.717, 1.165) is 22.7 Å². The van der Waals surface area contributed by atoms with Crippen molar-refractivity contribution in [2.45, 2.75) is 6.18 Å². The first-order valence-electron chi connectivity index (χ1n) is 6.18. The Labute approximate surface area is 137 Å². The standard InChI is InChI=1S/C14H7Cl2F4N3/c15-7-4-9(17)6(3-10(7)21)12-8(16)5-11(14(18,19)20)23-2-1-22-13(12)23/h1-5H,21H2. The van der Waals surface area contributed by atoms with Crippen LogP contribution in [-0.4, -0.2) is 9.38 Å². The number of aromatic nitrogens is 2. The fraction of sp³-hybridized carbons (Fsp3) is 0.0714. The number of nitrogens with two attached hydrogens (primary N) is 1. The van der Waals surface area contributed by atoms with E-state index in [2.05, 4.69) is 4.98 Å². The van der Waals surface area contributed by atoms with Gasteiger partial charge in [0.05, 0.1) is 15.7 Å². The third-order valence-corrected chi connectivity index (χ3v) is 3.90. The molecule has 0 atom stereocenters. The lowest BCUT2D eigenvalue weighted by Crippen LogP contribution is -2.12. The van der Waals surface area contributed by atoms with Gasteiger partial charge in [-0.1, -0.05) is 23.2 Å². The Bertz CT molecular complexity index is 919. The quantitative estimate of drug-likeness (QED) is 0.485. The molecule has 3 aromatic rings. The summed E-state index contributed by atoms with van der Waals surface area (Å²) in [5, 5.41) is -0.301. The summed E-state index contributed by atoms with van der Waals surface area (Å²) in [6.07, 6.45) is -2.35. The molecule has 0 aliphatic rings. The summed E-state index contributed by atoms with van der Waals surface area (Å²) in [4.78, 5) is 3.86. The SMILES string of the molecule is Nc1cc(-c2c(Cl)cc(C(F)(F)F)n3ccnc23)c(F)cc1Cl. The second kappa shape index (κ2) is 5.28. The van der Waals surface area contributed by atoms with Crippen LogP contribution in [0.25, 0.3) is 16.8 Å². The molecule has 2 heterocycles. The molecule has 0 radical (unpaired) electrons. The second-order valence-electron chi connectivity index (χ2n) is 4.72. The molecule has 0 spiro atoms. The zero-order valence-electron chi connectivity index (χ0n) is 11.1. The first-order chi connectivity index (χ1) is 10.7. The summed E-state index contributed by atoms with van der Waals surface area (Å²) < 4.78 is 54.3. The summed E-state index contributed by atoms with van der Waals surface area (Å²) in [6.45, 7) is 0. The number of hydrogen-bond acceptors (Lipinski definition) is 2. The lowest BCUT2D eigenvalue weighted by Gasteiger charge is -2.15. The molecule has 0 fully saturated rings. The first-order valence-corrected chi connectivity index (χ1v) is 6.93. The second-order valence-corrected chi connectivity index (χ2v) is 5.54. The zero-order valence-corrected chi connectivity index (χ0v) is 12.6. The number of alkyl halides is 3. The normalized spacial score (nSPS) is 12.1. The zero-order chi connectivity index (χ0) is 16.9. The van der Waals surface area contributed by atoms with Gasteiger partial charge in [0, 0.05) is 23.5 Å². The summed E-state index contributed by atoms with van der Waals surface area (Å²) in [5.74, 6) is -0.768. The monoisotopic (exact) mass is 363 g/mol. The smallest absolute Gasteiger partial charge is 0.398 e. The van der Waals surface area contributed by atoms with Gasteiger partial charge in [-0.2, -0.15) is 13.2 Å². The van der Waals surface area contributed by atoms with Gasteiger partial charge in [-0.3, -0.25) is 4.40 Å². The predicted molar refractivity (Wildman–Crippen MR) is 80.0 cm³/mol. The first kappa shape index (κ1) is 15.9. The van der Waals surface area contributed by atoms with Crippen molar-refractivity contribution in [3.05, 3.63) is 52.1 Å². The van der Waals surface area contributed by atoms with Crippen LogP contribution in [-0.2, 0) is 6.18 Å². The van der Waals surface area contributed by atoms with Gasteiger partial charge in [0.1, 0.15) is 17.2 Å². The molecular weight excluding hydrogens is 357 g/mol. The van der Waals surface area contributed by atoms with E-state index in [0.29, 0.717) is 0 Å². The summed E-state index contributed by atoms with van der Waals surface area (Å²) in [6, 6.07) is 2.90. The number of pyridine rings is 1. The topological polar surface area (TPSA) is 43.3 Å². The highest BCUT2D eigenvalue weighted by molar-refractivity contribution is 6.35. The van der Waals surface area contributed by atoms with Crippen molar-refractivity contribution >= 4 is 34.5 Å². The lowest BCUT2D eigenvalue weighted by atomic mass is 10.0. The maximum atomic E-state index is 14.2. The average Bonchev–Trinajstić information content (AvgIpc) is 2.90. The maximum absolute atomic E-state index is 14.2. The minimum absolute atomic E-state index is 0.00512. The van der Waals surface area contributed by atoms with Gasteiger partial charge < -0.3 is 5.73 Å². The fourth-order valence-electron chi connectivity index (χ4n) is 2.28. The average molecular weight is 364 g/mol. The molecule has 2 aromatic heterocycles. The van der Waals surface area contributed by atoms with Crippen LogP contribution in [0.5, 0.6) is 0 Å². The Hall–Kier alpha value is -1.99. The summed E-state index contributed by atoms with van der Waals surface area (Å²) in [5.41, 5.74) is 4.50. The van der Waals surface area contributed by atoms with Crippen molar-refractivity contribution in [2.24, 2.45) is 0 Å². The van der Waals surface area contributed by atoms with Crippen LogP contribution >= 0.6 is 23.2 Å². The molecular formula is C14H7Cl2F4N3. The number of imidazole rings is 1. The van der Waals surface area contributed by atoms with Gasteiger partial charge in [0.2, 0.25) is 0 Å². The number of benzene rings is 1. The van der Waals surface area contributed by atoms with E-state index in [9.17, 15) is 17.6 Å². The summed E-state index contributed by atoms with van der Waals surface area (Å²) in [7, 11) is 0. The van der Waals surface area contributed by atoms with Gasteiger partial charge in [-0.25, -0.2) is 9.37 Å². The number of anilines is 1. The minimum atomic E-state index is -4.64. The van der Waals surface area contributed by atoms with E-state index < -0.39 is 17.7 Å². The molecule has 0 saturated heterocycles. The number of nitrogen functional groups attached to an aromatic ring is 1. The molecule has 3 nitrogen and oxygen atoms in total. The third-order valence-electron chi connectivity index (χ3n) is 3.27.